The van der Waals surface area contributed by atoms with Crippen molar-refractivity contribution < 1.29 is 115 Å². The van der Waals surface area contributed by atoms with Crippen molar-refractivity contribution in [3.05, 3.63) is 117 Å². The Balaban J connectivity index is 0.000000115. The zero-order valence-electron chi connectivity index (χ0n) is 91.8. The first-order valence-electron chi connectivity index (χ1n) is 56.7. The Bertz CT molecular complexity index is 4840. The van der Waals surface area contributed by atoms with Gasteiger partial charge in [-0.2, -0.15) is 0 Å². The molecule has 13 aliphatic heterocycles. The van der Waals surface area contributed by atoms with Gasteiger partial charge < -0.3 is 105 Å². The van der Waals surface area contributed by atoms with E-state index >= 15 is 0 Å². The third kappa shape index (κ3) is 24.1. The summed E-state index contributed by atoms with van der Waals surface area (Å²) in [5.74, 6) is 1.13. The molecular weight excluding hydrogens is 1850 g/mol. The van der Waals surface area contributed by atoms with Crippen molar-refractivity contribution in [3.63, 3.8) is 0 Å². The highest BCUT2D eigenvalue weighted by Crippen LogP contribution is 2.66. The molecule has 21 fully saturated rings. The van der Waals surface area contributed by atoms with Crippen molar-refractivity contribution in [2.75, 3.05) is 123 Å². The number of aliphatic hydroxyl groups is 2. The van der Waals surface area contributed by atoms with Crippen molar-refractivity contribution in [1.82, 2.24) is 9.80 Å². The first kappa shape index (κ1) is 111. The molecule has 0 unspecified atom stereocenters. The van der Waals surface area contributed by atoms with E-state index in [0.29, 0.717) is 32.5 Å². The maximum Gasteiger partial charge on any atom is 0.184 e. The van der Waals surface area contributed by atoms with Gasteiger partial charge in [-0.1, -0.05) is 82.0 Å². The lowest BCUT2D eigenvalue weighted by Crippen LogP contribution is -2.54. The Morgan fingerprint density at radius 2 is 0.753 bits per heavy atom. The van der Waals surface area contributed by atoms with Crippen LogP contribution in [0.1, 0.15) is 300 Å². The van der Waals surface area contributed by atoms with E-state index in [1.807, 2.05) is 38.4 Å². The molecule has 814 valence electrons. The number of allylic oxidation sites excluding steroid dienone is 8. The Morgan fingerprint density at radius 1 is 0.404 bits per heavy atom. The van der Waals surface area contributed by atoms with Gasteiger partial charge >= 0.3 is 0 Å². The number of likely N-dealkylation sites (tertiary alicyclic amines) is 1. The highest BCUT2D eigenvalue weighted by Gasteiger charge is 2.78. The third-order valence-electron chi connectivity index (χ3n) is 38.6. The summed E-state index contributed by atoms with van der Waals surface area (Å²) in [7, 11) is 14.2. The molecule has 0 aromatic rings. The van der Waals surface area contributed by atoms with Crippen LogP contribution in [-0.2, 0) is 104 Å². The monoisotopic (exact) mass is 2030 g/mol. The number of hydrogen-bond acceptors (Lipinski definition) is 26. The smallest absolute Gasteiger partial charge is 0.184 e. The standard InChI is InChI=1S/C25H39NO4.C23H37NO4.C18H28O4.2C18H26O4.C18H24O4/c1-18(2)9-10-21-24(3,30-21)23-22(28-4)19(11-12-25(23)17-29-25)16-20(27)8-7-15-26-13-5-6-14-26;1-16(2)9-10-19-22(3,28-19)21-20(26-6)17(11-12-23(21)15-27-23)14-18(25)8-7-13-24(4)5;4*1-17(14(22-17)8-7-12-5-3-4-6-12)16-15(20-2)13(19)9-10-18(16)11-21-18/h9,16,21-23H,5-8,10-15,17H2,1-4H3;9,14,19-21H,7-8,10-13,15H2,1-6H3;7,13-16,19H,3-6,8-11H2,1-2H3;7,14-16H,3-6,8-11H2,1-2H3;7,9-10,13-16,19H,3-6,8,11H2,1-2H3;7,9-10,14-16H,3-6,8,11H2,1-2H3/b19-16-;17-14-;;;;/t21-,22-,23-,24+,25+;19-,20-,21-,22+,23+;13-,14-,15-,16-,17+,18+;14-,15-,16-,17+,18+;13-,14-,15-,16-,17+,18+;14-,15-,16-,17+,18+/m111111/s1. The van der Waals surface area contributed by atoms with Crippen molar-refractivity contribution in [2.24, 2.45) is 35.5 Å². The molecule has 2 N–H and O–H groups in total. The number of ketones is 4. The SMILES string of the molecule is CO[C@@H]1/C(=C\C(=O)CCCN(C)C)CC[C@]2(CO2)[C@H]1[C@@]1(C)O[C@@H]1CC=C(C)C.CO[C@@H]1/C(=C\C(=O)CCCN2CCCC2)CC[C@]2(CO2)[C@H]1[C@@]1(C)O[C@@H]1CC=C(C)C.CO[C@@H]1C(=O)C=C[C@]2(CO2)[C@H]1[C@@]1(C)O[C@@H]1CC=C1CCCC1.CO[C@@H]1C(=O)CC[C@]2(CO2)[C@H]1[C@@]1(C)O[C@@H]1CC=C1CCCC1.CO[C@@H]1[C@H](O)C=C[C@]2(CO2)[C@H]1[C@@]1(C)O[C@@H]1CC=C1CCCC1.CO[C@@H]1[C@H](O)CC[C@]2(CO2)[C@H]1[C@@]1(C)O[C@@H]1CC=C1CCCC1. The van der Waals surface area contributed by atoms with Gasteiger partial charge in [0.05, 0.1) is 154 Å². The Kier molecular flexibility index (Phi) is 34.3. The van der Waals surface area contributed by atoms with E-state index < -0.39 is 18.3 Å². The maximum atomic E-state index is 12.7. The molecular formula is C120H180N2O24. The minimum absolute atomic E-state index is 0.0262. The summed E-state index contributed by atoms with van der Waals surface area (Å²) in [5.41, 5.74) is 8.44. The number of carbonyl (C=O) groups is 4. The minimum Gasteiger partial charge on any atom is -0.390 e. The van der Waals surface area contributed by atoms with Crippen LogP contribution in [0.5, 0.6) is 0 Å². The van der Waals surface area contributed by atoms with E-state index in [0.717, 1.165) is 147 Å². The third-order valence-corrected chi connectivity index (χ3v) is 38.6. The number of methoxy groups -OCH3 is 6. The number of Topliss-reactive ketones (excluding diaryl/α,β-unsaturated/α-hetero) is 1. The summed E-state index contributed by atoms with van der Waals surface area (Å²) in [6, 6.07) is 0. The highest BCUT2D eigenvalue weighted by atomic mass is 16.7. The number of hydrogen-bond donors (Lipinski definition) is 2. The van der Waals surface area contributed by atoms with Crippen molar-refractivity contribution in [3.8, 4) is 0 Å². The normalized spacial score (nSPS) is 44.6. The van der Waals surface area contributed by atoms with Crippen LogP contribution < -0.4 is 0 Å². The number of nitrogens with zero attached hydrogens (tertiary/aromatic N) is 2. The zero-order valence-corrected chi connectivity index (χ0v) is 91.8. The van der Waals surface area contributed by atoms with E-state index in [2.05, 4.69) is 115 Å². The van der Waals surface area contributed by atoms with E-state index in [9.17, 15) is 29.4 Å². The average molecular weight is 2030 g/mol. The lowest BCUT2D eigenvalue weighted by Gasteiger charge is -2.41. The van der Waals surface area contributed by atoms with Gasteiger partial charge in [0.15, 0.2) is 23.1 Å². The molecule has 26 heteroatoms. The fourth-order valence-electron chi connectivity index (χ4n) is 29.2. The quantitative estimate of drug-likeness (QED) is 0.0343. The van der Waals surface area contributed by atoms with Crippen LogP contribution in [0.2, 0.25) is 0 Å². The van der Waals surface area contributed by atoms with Crippen molar-refractivity contribution in [2.45, 2.75) is 453 Å². The molecule has 13 heterocycles. The predicted molar refractivity (Wildman–Crippen MR) is 556 cm³/mol. The number of aliphatic hydroxyl groups excluding tert-OH is 2. The first-order chi connectivity index (χ1) is 69.9. The van der Waals surface area contributed by atoms with Gasteiger partial charge in [-0.25, -0.2) is 0 Å². The summed E-state index contributed by atoms with van der Waals surface area (Å²) in [6.07, 6.45) is 62.5. The number of epoxide rings is 12. The first-order valence-corrected chi connectivity index (χ1v) is 56.7. The molecule has 10 aliphatic carbocycles. The molecule has 8 saturated carbocycles. The maximum absolute atomic E-state index is 12.7. The van der Waals surface area contributed by atoms with E-state index in [1.54, 1.807) is 77.1 Å². The summed E-state index contributed by atoms with van der Waals surface area (Å²) in [4.78, 5) is 54.2. The van der Waals surface area contributed by atoms with E-state index in [4.69, 9.17) is 85.3 Å². The summed E-state index contributed by atoms with van der Waals surface area (Å²) in [5, 5.41) is 20.6. The molecule has 0 aromatic carbocycles. The Morgan fingerprint density at radius 3 is 1.12 bits per heavy atom. The van der Waals surface area contributed by atoms with E-state index in [-0.39, 0.29) is 193 Å². The van der Waals surface area contributed by atoms with Gasteiger partial charge in [-0.15, -0.1) is 0 Å². The van der Waals surface area contributed by atoms with Crippen LogP contribution in [0.3, 0.4) is 0 Å². The van der Waals surface area contributed by atoms with Gasteiger partial charge in [0.25, 0.3) is 0 Å². The molecule has 23 rings (SSSR count). The van der Waals surface area contributed by atoms with Gasteiger partial charge in [0, 0.05) is 61.9 Å². The number of ether oxygens (including phenoxy) is 18. The van der Waals surface area contributed by atoms with Gasteiger partial charge in [0.1, 0.15) is 73.8 Å². The molecule has 26 nitrogen and oxygen atoms in total. The fourth-order valence-corrected chi connectivity index (χ4v) is 29.2. The van der Waals surface area contributed by atoms with Crippen LogP contribution in [-0.4, -0.2) is 318 Å². The van der Waals surface area contributed by atoms with Crippen LogP contribution in [0.4, 0.5) is 0 Å². The lowest BCUT2D eigenvalue weighted by molar-refractivity contribution is -0.142. The molecule has 0 amide bonds. The summed E-state index contributed by atoms with van der Waals surface area (Å²) in [6.45, 7) is 30.3. The van der Waals surface area contributed by atoms with Crippen LogP contribution in [0, 0.1) is 35.5 Å². The largest absolute Gasteiger partial charge is 0.390 e. The number of rotatable bonds is 34. The Hall–Kier alpha value is -4.80. The molecule has 146 heavy (non-hydrogen) atoms. The predicted octanol–water partition coefficient (Wildman–Crippen LogP) is 17.9. The molecule has 23 aliphatic rings. The number of carbonyl (C=O) groups excluding carboxylic acids is 4. The summed E-state index contributed by atoms with van der Waals surface area (Å²) >= 11 is 0. The topological polar surface area (TPSA) is 321 Å². The highest BCUT2D eigenvalue weighted by molar-refractivity contribution is 5.96. The second-order valence-electron chi connectivity index (χ2n) is 49.4. The second-order valence-corrected chi connectivity index (χ2v) is 49.4. The molecule has 6 spiro atoms. The van der Waals surface area contributed by atoms with Gasteiger partial charge in [-0.3, -0.25) is 19.2 Å². The van der Waals surface area contributed by atoms with E-state index in [1.165, 1.54) is 140 Å². The second kappa shape index (κ2) is 45.2. The van der Waals surface area contributed by atoms with Gasteiger partial charge in [0.2, 0.25) is 0 Å². The van der Waals surface area contributed by atoms with Crippen molar-refractivity contribution >= 4 is 23.1 Å². The average Bonchev–Trinajstić information content (AvgIpc) is 1.45. The van der Waals surface area contributed by atoms with Gasteiger partial charge in [-0.05, 0) is 357 Å². The summed E-state index contributed by atoms with van der Waals surface area (Å²) < 4.78 is 106. The van der Waals surface area contributed by atoms with Crippen molar-refractivity contribution in [1.29, 1.82) is 0 Å². The van der Waals surface area contributed by atoms with Crippen LogP contribution in [0.25, 0.3) is 0 Å². The molecule has 32 atom stereocenters. The lowest BCUT2D eigenvalue weighted by atomic mass is 9.67. The molecule has 0 radical (unpaired) electrons. The molecule has 13 saturated heterocycles. The van der Waals surface area contributed by atoms with Crippen LogP contribution >= 0.6 is 0 Å². The molecule has 0 bridgehead atoms. The van der Waals surface area contributed by atoms with Crippen LogP contribution in [0.15, 0.2) is 117 Å². The Labute approximate surface area is 871 Å². The minimum atomic E-state index is -0.584. The zero-order chi connectivity index (χ0) is 103. The fraction of sp³-hybridized carbons (Fsp3) is 0.800. The molecule has 0 aromatic heterocycles.